The summed E-state index contributed by atoms with van der Waals surface area (Å²) in [5.41, 5.74) is -1.24. The van der Waals surface area contributed by atoms with E-state index in [0.717, 1.165) is 19.3 Å². The van der Waals surface area contributed by atoms with E-state index in [9.17, 15) is 9.59 Å². The van der Waals surface area contributed by atoms with Crippen LogP contribution in [0.4, 0.5) is 4.79 Å². The molecule has 0 bridgehead atoms. The molecule has 0 aromatic carbocycles. The summed E-state index contributed by atoms with van der Waals surface area (Å²) in [5.74, 6) is 1.10. The first-order valence-corrected chi connectivity index (χ1v) is 12.4. The van der Waals surface area contributed by atoms with Crippen LogP contribution in [0.15, 0.2) is 0 Å². The van der Waals surface area contributed by atoms with Crippen molar-refractivity contribution in [2.45, 2.75) is 130 Å². The number of amides is 2. The van der Waals surface area contributed by atoms with Gasteiger partial charge in [-0.2, -0.15) is 0 Å². The maximum Gasteiger partial charge on any atom is 0.412 e. The third kappa shape index (κ3) is 8.28. The molecule has 2 unspecified atom stereocenters. The average Bonchev–Trinajstić information content (AvgIpc) is 2.87. The monoisotopic (exact) mass is 438 g/mol. The Bertz CT molecular complexity index is 591. The second kappa shape index (κ2) is 11.0. The summed E-state index contributed by atoms with van der Waals surface area (Å²) >= 11 is 0. The highest BCUT2D eigenvalue weighted by Crippen LogP contribution is 2.40. The van der Waals surface area contributed by atoms with E-state index in [-0.39, 0.29) is 24.1 Å². The minimum absolute atomic E-state index is 0.0133. The molecule has 1 saturated carbocycles. The van der Waals surface area contributed by atoms with E-state index in [1.54, 1.807) is 0 Å². The van der Waals surface area contributed by atoms with Gasteiger partial charge in [0.1, 0.15) is 11.3 Å². The summed E-state index contributed by atoms with van der Waals surface area (Å²) in [5, 5.41) is 3.02. The number of hydrogen-bond acceptors (Lipinski definition) is 4. The third-order valence-corrected chi connectivity index (χ3v) is 6.25. The SMILES string of the molecule is CC(C)CC(=O)NCCCC1OC(C)(C)N(C(=O)OC(C)(C)C)C1CC1CCCCC1. The molecule has 2 aliphatic rings. The largest absolute Gasteiger partial charge is 0.444 e. The topological polar surface area (TPSA) is 67.9 Å². The van der Waals surface area contributed by atoms with Crippen LogP contribution < -0.4 is 5.32 Å². The quantitative estimate of drug-likeness (QED) is 0.498. The lowest BCUT2D eigenvalue weighted by atomic mass is 9.83. The number of carbonyl (C=O) groups is 2. The van der Waals surface area contributed by atoms with Gasteiger partial charge in [-0.15, -0.1) is 0 Å². The van der Waals surface area contributed by atoms with Crippen LogP contribution in [0.2, 0.25) is 0 Å². The highest BCUT2D eigenvalue weighted by molar-refractivity contribution is 5.76. The first-order valence-electron chi connectivity index (χ1n) is 12.4. The number of hydrogen-bond donors (Lipinski definition) is 1. The predicted molar refractivity (Wildman–Crippen MR) is 124 cm³/mol. The molecule has 31 heavy (non-hydrogen) atoms. The van der Waals surface area contributed by atoms with E-state index < -0.39 is 11.3 Å². The summed E-state index contributed by atoms with van der Waals surface area (Å²) in [4.78, 5) is 27.0. The van der Waals surface area contributed by atoms with Crippen LogP contribution in [0.5, 0.6) is 0 Å². The number of carbonyl (C=O) groups excluding carboxylic acids is 2. The Balaban J connectivity index is 2.05. The van der Waals surface area contributed by atoms with Gasteiger partial charge in [-0.3, -0.25) is 9.69 Å². The van der Waals surface area contributed by atoms with Crippen LogP contribution in [0.3, 0.4) is 0 Å². The van der Waals surface area contributed by atoms with Crippen molar-refractivity contribution in [3.8, 4) is 0 Å². The molecule has 0 aromatic heterocycles. The lowest BCUT2D eigenvalue weighted by molar-refractivity contribution is -0.121. The highest BCUT2D eigenvalue weighted by Gasteiger charge is 2.51. The summed E-state index contributed by atoms with van der Waals surface area (Å²) in [6.07, 6.45) is 9.21. The van der Waals surface area contributed by atoms with Crippen molar-refractivity contribution in [2.75, 3.05) is 6.54 Å². The number of rotatable bonds is 8. The molecule has 2 amide bonds. The summed E-state index contributed by atoms with van der Waals surface area (Å²) in [6.45, 7) is 14.4. The zero-order chi connectivity index (χ0) is 23.2. The van der Waals surface area contributed by atoms with Crippen molar-refractivity contribution in [3.05, 3.63) is 0 Å². The minimum Gasteiger partial charge on any atom is -0.444 e. The molecule has 1 saturated heterocycles. The summed E-state index contributed by atoms with van der Waals surface area (Å²) in [7, 11) is 0. The molecule has 1 aliphatic heterocycles. The number of ether oxygens (including phenoxy) is 2. The first-order chi connectivity index (χ1) is 14.4. The standard InChI is InChI=1S/C25H46N2O4/c1-18(2)16-22(28)26-15-11-14-21-20(17-19-12-9-8-10-13-19)27(25(6,7)30-21)23(29)31-24(3,4)5/h18-21H,8-17H2,1-7H3,(H,26,28). The summed E-state index contributed by atoms with van der Waals surface area (Å²) < 4.78 is 12.2. The fourth-order valence-corrected chi connectivity index (χ4v) is 4.98. The van der Waals surface area contributed by atoms with Crippen LogP contribution in [0.25, 0.3) is 0 Å². The molecule has 2 rings (SSSR count). The average molecular weight is 439 g/mol. The molecule has 2 fully saturated rings. The van der Waals surface area contributed by atoms with Gasteiger partial charge in [-0.05, 0) is 65.7 Å². The molecule has 1 heterocycles. The van der Waals surface area contributed by atoms with E-state index in [0.29, 0.717) is 24.8 Å². The van der Waals surface area contributed by atoms with Crippen LogP contribution >= 0.6 is 0 Å². The van der Waals surface area contributed by atoms with E-state index in [1.807, 2.05) is 39.5 Å². The second-order valence-electron chi connectivity index (χ2n) is 11.4. The van der Waals surface area contributed by atoms with E-state index in [1.165, 1.54) is 32.1 Å². The molecule has 0 aromatic rings. The van der Waals surface area contributed by atoms with Gasteiger partial charge in [-0.1, -0.05) is 46.0 Å². The molecule has 6 heteroatoms. The van der Waals surface area contributed by atoms with Gasteiger partial charge in [-0.25, -0.2) is 4.79 Å². The lowest BCUT2D eigenvalue weighted by Crippen LogP contribution is -2.50. The van der Waals surface area contributed by atoms with Gasteiger partial charge in [0, 0.05) is 13.0 Å². The Labute approximate surface area is 189 Å². The molecule has 1 aliphatic carbocycles. The van der Waals surface area contributed by atoms with Gasteiger partial charge < -0.3 is 14.8 Å². The maximum atomic E-state index is 13.2. The van der Waals surface area contributed by atoms with Crippen molar-refractivity contribution in [3.63, 3.8) is 0 Å². The van der Waals surface area contributed by atoms with Crippen LogP contribution in [-0.2, 0) is 14.3 Å². The van der Waals surface area contributed by atoms with Crippen LogP contribution in [-0.4, -0.2) is 46.9 Å². The van der Waals surface area contributed by atoms with E-state index in [4.69, 9.17) is 9.47 Å². The van der Waals surface area contributed by atoms with Gasteiger partial charge in [0.2, 0.25) is 5.91 Å². The Hall–Kier alpha value is -1.30. The van der Waals surface area contributed by atoms with Gasteiger partial charge >= 0.3 is 6.09 Å². The minimum atomic E-state index is -0.701. The maximum absolute atomic E-state index is 13.2. The fourth-order valence-electron chi connectivity index (χ4n) is 4.98. The third-order valence-electron chi connectivity index (χ3n) is 6.25. The molecule has 6 nitrogen and oxygen atoms in total. The van der Waals surface area contributed by atoms with Crippen molar-refractivity contribution < 1.29 is 19.1 Å². The molecular formula is C25H46N2O4. The zero-order valence-electron chi connectivity index (χ0n) is 21.0. The van der Waals surface area contributed by atoms with E-state index >= 15 is 0 Å². The van der Waals surface area contributed by atoms with Crippen LogP contribution in [0.1, 0.15) is 106 Å². The first kappa shape index (κ1) is 26.0. The molecule has 0 radical (unpaired) electrons. The van der Waals surface area contributed by atoms with Gasteiger partial charge in [0.25, 0.3) is 0 Å². The number of nitrogens with zero attached hydrogens (tertiary/aromatic N) is 1. The predicted octanol–water partition coefficient (Wildman–Crippen LogP) is 5.64. The van der Waals surface area contributed by atoms with Gasteiger partial charge in [0.15, 0.2) is 0 Å². The van der Waals surface area contributed by atoms with Crippen molar-refractivity contribution in [1.29, 1.82) is 0 Å². The Morgan fingerprint density at radius 1 is 1.16 bits per heavy atom. The number of nitrogens with one attached hydrogen (secondary N) is 1. The molecule has 2 atom stereocenters. The van der Waals surface area contributed by atoms with Crippen molar-refractivity contribution >= 4 is 12.0 Å². The highest BCUT2D eigenvalue weighted by atomic mass is 16.6. The smallest absolute Gasteiger partial charge is 0.412 e. The van der Waals surface area contributed by atoms with Crippen LogP contribution in [0, 0.1) is 11.8 Å². The molecule has 1 N–H and O–H groups in total. The Morgan fingerprint density at radius 3 is 2.39 bits per heavy atom. The Morgan fingerprint density at radius 2 is 1.81 bits per heavy atom. The van der Waals surface area contributed by atoms with Crippen molar-refractivity contribution in [1.82, 2.24) is 10.2 Å². The Kier molecular flexibility index (Phi) is 9.23. The normalized spacial score (nSPS) is 24.5. The summed E-state index contributed by atoms with van der Waals surface area (Å²) in [6, 6.07) is 0.0133. The fraction of sp³-hybridized carbons (Fsp3) is 0.920. The molecule has 180 valence electrons. The lowest BCUT2D eigenvalue weighted by Gasteiger charge is -2.37. The zero-order valence-corrected chi connectivity index (χ0v) is 21.0. The van der Waals surface area contributed by atoms with Crippen molar-refractivity contribution in [2.24, 2.45) is 11.8 Å². The second-order valence-corrected chi connectivity index (χ2v) is 11.4. The molecular weight excluding hydrogens is 392 g/mol. The van der Waals surface area contributed by atoms with E-state index in [2.05, 4.69) is 19.2 Å². The molecule has 0 spiro atoms. The van der Waals surface area contributed by atoms with Gasteiger partial charge in [0.05, 0.1) is 12.1 Å².